The van der Waals surface area contributed by atoms with Crippen LogP contribution in [-0.2, 0) is 11.3 Å². The zero-order valence-corrected chi connectivity index (χ0v) is 13.7. The first-order chi connectivity index (χ1) is 10.0. The SMILES string of the molecule is CCCC(C)NC(=O)Cn1cnc2cc(Br)ccc2c1=O. The normalized spacial score (nSPS) is 12.3. The van der Waals surface area contributed by atoms with E-state index in [1.165, 1.54) is 10.9 Å². The molecular weight excluding hydrogens is 334 g/mol. The average Bonchev–Trinajstić information content (AvgIpc) is 2.42. The molecule has 1 aromatic carbocycles. The maximum absolute atomic E-state index is 12.3. The highest BCUT2D eigenvalue weighted by atomic mass is 79.9. The Hall–Kier alpha value is -1.69. The summed E-state index contributed by atoms with van der Waals surface area (Å²) in [6.45, 7) is 4.02. The minimum atomic E-state index is -0.203. The molecule has 0 saturated heterocycles. The van der Waals surface area contributed by atoms with Gasteiger partial charge in [-0.1, -0.05) is 29.3 Å². The Balaban J connectivity index is 2.19. The molecule has 2 rings (SSSR count). The fraction of sp³-hybridized carbons (Fsp3) is 0.400. The summed E-state index contributed by atoms with van der Waals surface area (Å²) in [7, 11) is 0. The molecule has 21 heavy (non-hydrogen) atoms. The number of hydrogen-bond acceptors (Lipinski definition) is 3. The quantitative estimate of drug-likeness (QED) is 0.899. The van der Waals surface area contributed by atoms with Crippen LogP contribution in [0.25, 0.3) is 10.9 Å². The van der Waals surface area contributed by atoms with Gasteiger partial charge in [-0.2, -0.15) is 0 Å². The van der Waals surface area contributed by atoms with Gasteiger partial charge in [0.15, 0.2) is 0 Å². The van der Waals surface area contributed by atoms with Crippen LogP contribution in [0, 0.1) is 0 Å². The van der Waals surface area contributed by atoms with Crippen LogP contribution in [0.5, 0.6) is 0 Å². The van der Waals surface area contributed by atoms with Gasteiger partial charge in [0.2, 0.25) is 5.91 Å². The molecule has 0 aliphatic carbocycles. The van der Waals surface area contributed by atoms with E-state index in [4.69, 9.17) is 0 Å². The van der Waals surface area contributed by atoms with E-state index in [1.54, 1.807) is 18.2 Å². The summed E-state index contributed by atoms with van der Waals surface area (Å²) in [5.41, 5.74) is 0.413. The van der Waals surface area contributed by atoms with Crippen molar-refractivity contribution in [3.05, 3.63) is 39.4 Å². The standard InChI is InChI=1S/C15H18BrN3O2/c1-3-4-10(2)18-14(20)8-19-9-17-13-7-11(16)5-6-12(13)15(19)21/h5-7,9-10H,3-4,8H2,1-2H3,(H,18,20). The van der Waals surface area contributed by atoms with Gasteiger partial charge < -0.3 is 5.32 Å². The summed E-state index contributed by atoms with van der Waals surface area (Å²) < 4.78 is 2.20. The van der Waals surface area contributed by atoms with E-state index >= 15 is 0 Å². The molecule has 0 fully saturated rings. The van der Waals surface area contributed by atoms with Crippen molar-refractivity contribution in [1.82, 2.24) is 14.9 Å². The fourth-order valence-electron chi connectivity index (χ4n) is 2.22. The van der Waals surface area contributed by atoms with Crippen LogP contribution in [0.1, 0.15) is 26.7 Å². The zero-order valence-electron chi connectivity index (χ0n) is 12.1. The van der Waals surface area contributed by atoms with E-state index in [2.05, 4.69) is 33.2 Å². The highest BCUT2D eigenvalue weighted by Crippen LogP contribution is 2.14. The zero-order chi connectivity index (χ0) is 15.4. The molecule has 112 valence electrons. The van der Waals surface area contributed by atoms with E-state index in [9.17, 15) is 9.59 Å². The second kappa shape index (κ2) is 6.85. The summed E-state index contributed by atoms with van der Waals surface area (Å²) in [6, 6.07) is 5.40. The number of hydrogen-bond donors (Lipinski definition) is 1. The first-order valence-corrected chi connectivity index (χ1v) is 7.74. The molecule has 6 heteroatoms. The second-order valence-electron chi connectivity index (χ2n) is 5.10. The second-order valence-corrected chi connectivity index (χ2v) is 6.01. The van der Waals surface area contributed by atoms with Crippen LogP contribution < -0.4 is 10.9 Å². The van der Waals surface area contributed by atoms with Crippen LogP contribution in [0.3, 0.4) is 0 Å². The van der Waals surface area contributed by atoms with Gasteiger partial charge in [0.1, 0.15) is 6.54 Å². The van der Waals surface area contributed by atoms with Crippen molar-refractivity contribution in [2.75, 3.05) is 0 Å². The largest absolute Gasteiger partial charge is 0.352 e. The molecule has 5 nitrogen and oxygen atoms in total. The Morgan fingerprint density at radius 3 is 2.95 bits per heavy atom. The molecule has 1 aromatic heterocycles. The lowest BCUT2D eigenvalue weighted by molar-refractivity contribution is -0.122. The predicted molar refractivity (Wildman–Crippen MR) is 86.2 cm³/mol. The monoisotopic (exact) mass is 351 g/mol. The molecular formula is C15H18BrN3O2. The lowest BCUT2D eigenvalue weighted by atomic mass is 10.2. The molecule has 0 radical (unpaired) electrons. The average molecular weight is 352 g/mol. The lowest BCUT2D eigenvalue weighted by Gasteiger charge is -2.13. The molecule has 0 aliphatic heterocycles. The minimum Gasteiger partial charge on any atom is -0.352 e. The van der Waals surface area contributed by atoms with Crippen molar-refractivity contribution in [1.29, 1.82) is 0 Å². The molecule has 1 amide bonds. The van der Waals surface area contributed by atoms with Crippen molar-refractivity contribution in [2.45, 2.75) is 39.3 Å². The van der Waals surface area contributed by atoms with E-state index in [0.717, 1.165) is 17.3 Å². The van der Waals surface area contributed by atoms with Gasteiger partial charge in [-0.3, -0.25) is 14.2 Å². The van der Waals surface area contributed by atoms with Gasteiger partial charge in [-0.05, 0) is 31.5 Å². The van der Waals surface area contributed by atoms with Crippen molar-refractivity contribution < 1.29 is 4.79 Å². The number of aromatic nitrogens is 2. The summed E-state index contributed by atoms with van der Waals surface area (Å²) in [5.74, 6) is -0.170. The molecule has 0 bridgehead atoms. The third-order valence-corrected chi connectivity index (χ3v) is 3.72. The molecule has 1 atom stereocenters. The minimum absolute atomic E-state index is 0.00804. The first-order valence-electron chi connectivity index (χ1n) is 6.95. The number of fused-ring (bicyclic) bond motifs is 1. The van der Waals surface area contributed by atoms with Crippen LogP contribution >= 0.6 is 15.9 Å². The van der Waals surface area contributed by atoms with Gasteiger partial charge in [-0.15, -0.1) is 0 Å². The molecule has 0 spiro atoms. The number of nitrogens with one attached hydrogen (secondary N) is 1. The lowest BCUT2D eigenvalue weighted by Crippen LogP contribution is -2.37. The molecule has 0 aliphatic rings. The Morgan fingerprint density at radius 2 is 2.24 bits per heavy atom. The predicted octanol–water partition coefficient (Wildman–Crippen LogP) is 2.46. The summed E-state index contributed by atoms with van der Waals surface area (Å²) in [6.07, 6.45) is 3.35. The Kier molecular flexibility index (Phi) is 5.12. The topological polar surface area (TPSA) is 64.0 Å². The number of amides is 1. The van der Waals surface area contributed by atoms with Crippen LogP contribution in [0.15, 0.2) is 33.8 Å². The number of nitrogens with zero attached hydrogens (tertiary/aromatic N) is 2. The molecule has 2 aromatic rings. The molecule has 1 N–H and O–H groups in total. The highest BCUT2D eigenvalue weighted by molar-refractivity contribution is 9.10. The van der Waals surface area contributed by atoms with Gasteiger partial charge in [0.05, 0.1) is 17.2 Å². The van der Waals surface area contributed by atoms with E-state index in [-0.39, 0.29) is 24.1 Å². The van der Waals surface area contributed by atoms with Crippen molar-refractivity contribution >= 4 is 32.7 Å². The number of rotatable bonds is 5. The summed E-state index contributed by atoms with van der Waals surface area (Å²) in [5, 5.41) is 3.39. The number of halogens is 1. The van der Waals surface area contributed by atoms with Gasteiger partial charge in [0.25, 0.3) is 5.56 Å². The van der Waals surface area contributed by atoms with Crippen LogP contribution in [0.2, 0.25) is 0 Å². The maximum Gasteiger partial charge on any atom is 0.261 e. The first kappa shape index (κ1) is 15.7. The number of carbonyl (C=O) groups excluding carboxylic acids is 1. The van der Waals surface area contributed by atoms with Gasteiger partial charge in [0, 0.05) is 10.5 Å². The fourth-order valence-corrected chi connectivity index (χ4v) is 2.57. The third-order valence-electron chi connectivity index (χ3n) is 3.23. The highest BCUT2D eigenvalue weighted by Gasteiger charge is 2.10. The Morgan fingerprint density at radius 1 is 1.48 bits per heavy atom. The molecule has 1 unspecified atom stereocenters. The van der Waals surface area contributed by atoms with Crippen LogP contribution in [0.4, 0.5) is 0 Å². The van der Waals surface area contributed by atoms with E-state index < -0.39 is 0 Å². The number of benzene rings is 1. The van der Waals surface area contributed by atoms with Crippen molar-refractivity contribution in [2.24, 2.45) is 0 Å². The summed E-state index contributed by atoms with van der Waals surface area (Å²) >= 11 is 3.34. The van der Waals surface area contributed by atoms with Crippen LogP contribution in [-0.4, -0.2) is 21.5 Å². The smallest absolute Gasteiger partial charge is 0.261 e. The van der Waals surface area contributed by atoms with Crippen molar-refractivity contribution in [3.8, 4) is 0 Å². The molecule has 1 heterocycles. The van der Waals surface area contributed by atoms with Gasteiger partial charge in [-0.25, -0.2) is 4.98 Å². The summed E-state index contributed by atoms with van der Waals surface area (Å²) in [4.78, 5) is 28.5. The Labute approximate surface area is 131 Å². The van der Waals surface area contributed by atoms with Crippen molar-refractivity contribution in [3.63, 3.8) is 0 Å². The maximum atomic E-state index is 12.3. The van der Waals surface area contributed by atoms with Gasteiger partial charge >= 0.3 is 0 Å². The third kappa shape index (κ3) is 3.91. The van der Waals surface area contributed by atoms with E-state index in [1.807, 2.05) is 6.92 Å². The Bertz CT molecular complexity index is 712. The van der Waals surface area contributed by atoms with E-state index in [0.29, 0.717) is 10.9 Å². The number of carbonyl (C=O) groups is 1. The molecule has 0 saturated carbocycles.